The number of urea groups is 1. The second-order valence-corrected chi connectivity index (χ2v) is 6.68. The van der Waals surface area contributed by atoms with E-state index < -0.39 is 29.9 Å². The van der Waals surface area contributed by atoms with Crippen molar-refractivity contribution in [3.8, 4) is 11.5 Å². The topological polar surface area (TPSA) is 110 Å². The van der Waals surface area contributed by atoms with Gasteiger partial charge in [0.25, 0.3) is 5.91 Å². The second-order valence-electron chi connectivity index (χ2n) is 6.68. The van der Waals surface area contributed by atoms with Crippen LogP contribution in [0.5, 0.6) is 11.5 Å². The number of rotatable bonds is 4. The van der Waals surface area contributed by atoms with E-state index in [0.717, 1.165) is 11.3 Å². The molecule has 2 N–H and O–H groups in total. The van der Waals surface area contributed by atoms with Crippen LogP contribution in [0.3, 0.4) is 0 Å². The van der Waals surface area contributed by atoms with Crippen LogP contribution in [0, 0.1) is 0 Å². The Labute approximate surface area is 160 Å². The third-order valence-corrected chi connectivity index (χ3v) is 4.62. The van der Waals surface area contributed by atoms with Crippen LogP contribution < -0.4 is 20.1 Å². The number of anilines is 1. The van der Waals surface area contributed by atoms with E-state index in [-0.39, 0.29) is 0 Å². The van der Waals surface area contributed by atoms with E-state index in [9.17, 15) is 14.4 Å². The Hall–Kier alpha value is -3.49. The van der Waals surface area contributed by atoms with Gasteiger partial charge in [-0.15, -0.1) is 0 Å². The summed E-state index contributed by atoms with van der Waals surface area (Å²) < 4.78 is 16.4. The maximum absolute atomic E-state index is 12.7. The van der Waals surface area contributed by atoms with E-state index in [1.165, 1.54) is 13.2 Å². The molecule has 1 aromatic carbocycles. The molecular formula is C19H19N3O6. The lowest BCUT2D eigenvalue weighted by Crippen LogP contribution is -2.41. The van der Waals surface area contributed by atoms with Crippen molar-refractivity contribution in [2.75, 3.05) is 25.1 Å². The molecular weight excluding hydrogens is 366 g/mol. The summed E-state index contributed by atoms with van der Waals surface area (Å²) in [6.45, 7) is 2.21. The maximum Gasteiger partial charge on any atom is 0.325 e. The Morgan fingerprint density at radius 1 is 1.21 bits per heavy atom. The molecule has 1 saturated heterocycles. The van der Waals surface area contributed by atoms with Gasteiger partial charge in [-0.3, -0.25) is 14.5 Å². The maximum atomic E-state index is 12.7. The number of imide groups is 1. The van der Waals surface area contributed by atoms with E-state index in [2.05, 4.69) is 10.6 Å². The fourth-order valence-electron chi connectivity index (χ4n) is 3.16. The molecule has 146 valence electrons. The molecule has 0 saturated carbocycles. The van der Waals surface area contributed by atoms with Gasteiger partial charge < -0.3 is 24.5 Å². The molecule has 4 rings (SSSR count). The van der Waals surface area contributed by atoms with Crippen LogP contribution in [0.1, 0.15) is 19.1 Å². The predicted octanol–water partition coefficient (Wildman–Crippen LogP) is 1.85. The molecule has 9 heteroatoms. The largest absolute Gasteiger partial charge is 0.490 e. The van der Waals surface area contributed by atoms with Gasteiger partial charge in [0.15, 0.2) is 17.0 Å². The average molecular weight is 385 g/mol. The van der Waals surface area contributed by atoms with Crippen LogP contribution in [0.4, 0.5) is 10.5 Å². The summed E-state index contributed by atoms with van der Waals surface area (Å²) in [4.78, 5) is 38.2. The molecule has 1 fully saturated rings. The number of ether oxygens (including phenoxy) is 2. The number of nitrogens with zero attached hydrogens (tertiary/aromatic N) is 1. The highest BCUT2D eigenvalue weighted by Gasteiger charge is 2.51. The highest BCUT2D eigenvalue weighted by atomic mass is 16.5. The standard InChI is InChI=1S/C19H19N3O6/c1-19(15-4-2-7-28-15)17(24)22(18(25)21-19)11-16(23)20-12-5-6-13-14(10-12)27-9-3-8-26-13/h2,4-7,10H,3,8-9,11H2,1H3,(H,20,23)(H,21,25)/t19-/m1/s1. The molecule has 0 spiro atoms. The quantitative estimate of drug-likeness (QED) is 0.777. The van der Waals surface area contributed by atoms with Crippen molar-refractivity contribution in [3.63, 3.8) is 0 Å². The lowest BCUT2D eigenvalue weighted by Gasteiger charge is -2.19. The van der Waals surface area contributed by atoms with E-state index >= 15 is 0 Å². The highest BCUT2D eigenvalue weighted by molar-refractivity contribution is 6.10. The zero-order valence-corrected chi connectivity index (χ0v) is 15.2. The van der Waals surface area contributed by atoms with Crippen molar-refractivity contribution in [1.29, 1.82) is 0 Å². The SMILES string of the molecule is C[C@]1(c2ccco2)NC(=O)N(CC(=O)Nc2ccc3c(c2)OCCCO3)C1=O. The van der Waals surface area contributed by atoms with Gasteiger partial charge in [-0.1, -0.05) is 0 Å². The van der Waals surface area contributed by atoms with Gasteiger partial charge in [-0.25, -0.2) is 4.79 Å². The van der Waals surface area contributed by atoms with Crippen molar-refractivity contribution in [3.05, 3.63) is 42.4 Å². The zero-order chi connectivity index (χ0) is 19.7. The number of amides is 4. The van der Waals surface area contributed by atoms with Crippen LogP contribution >= 0.6 is 0 Å². The van der Waals surface area contributed by atoms with Gasteiger partial charge in [0.1, 0.15) is 12.3 Å². The van der Waals surface area contributed by atoms with E-state index in [1.54, 1.807) is 30.3 Å². The molecule has 28 heavy (non-hydrogen) atoms. The summed E-state index contributed by atoms with van der Waals surface area (Å²) >= 11 is 0. The van der Waals surface area contributed by atoms with E-state index in [4.69, 9.17) is 13.9 Å². The first-order valence-electron chi connectivity index (χ1n) is 8.85. The number of carbonyl (C=O) groups excluding carboxylic acids is 3. The van der Waals surface area contributed by atoms with Crippen LogP contribution in [-0.2, 0) is 15.1 Å². The van der Waals surface area contributed by atoms with Gasteiger partial charge in [0, 0.05) is 18.2 Å². The summed E-state index contributed by atoms with van der Waals surface area (Å²) in [7, 11) is 0. The molecule has 3 heterocycles. The molecule has 1 aromatic heterocycles. The number of benzene rings is 1. The predicted molar refractivity (Wildman–Crippen MR) is 97.0 cm³/mol. The Morgan fingerprint density at radius 2 is 2.00 bits per heavy atom. The summed E-state index contributed by atoms with van der Waals surface area (Å²) in [5.41, 5.74) is -0.856. The first-order chi connectivity index (χ1) is 13.5. The Kier molecular flexibility index (Phi) is 4.42. The number of fused-ring (bicyclic) bond motifs is 1. The van der Waals surface area contributed by atoms with Crippen molar-refractivity contribution in [2.45, 2.75) is 18.9 Å². The summed E-state index contributed by atoms with van der Waals surface area (Å²) in [6, 6.07) is 7.59. The Bertz CT molecular complexity index is 926. The fraction of sp³-hybridized carbons (Fsp3) is 0.316. The van der Waals surface area contributed by atoms with Crippen molar-refractivity contribution in [2.24, 2.45) is 0 Å². The normalized spacial score (nSPS) is 21.2. The Morgan fingerprint density at radius 3 is 2.75 bits per heavy atom. The minimum atomic E-state index is -1.34. The highest BCUT2D eigenvalue weighted by Crippen LogP contribution is 2.32. The first kappa shape index (κ1) is 17.9. The summed E-state index contributed by atoms with van der Waals surface area (Å²) in [6.07, 6.45) is 2.19. The van der Waals surface area contributed by atoms with Crippen molar-refractivity contribution >= 4 is 23.5 Å². The lowest BCUT2D eigenvalue weighted by atomic mass is 9.99. The number of carbonyl (C=O) groups is 3. The molecule has 0 aliphatic carbocycles. The van der Waals surface area contributed by atoms with Gasteiger partial charge in [0.2, 0.25) is 5.91 Å². The number of furan rings is 1. The van der Waals surface area contributed by atoms with Gasteiger partial charge >= 0.3 is 6.03 Å². The molecule has 9 nitrogen and oxygen atoms in total. The van der Waals surface area contributed by atoms with Gasteiger partial charge in [-0.05, 0) is 31.2 Å². The minimum absolute atomic E-state index is 0.302. The average Bonchev–Trinajstić information content (AvgIpc) is 3.20. The monoisotopic (exact) mass is 385 g/mol. The third-order valence-electron chi connectivity index (χ3n) is 4.62. The fourth-order valence-corrected chi connectivity index (χ4v) is 3.16. The van der Waals surface area contributed by atoms with Gasteiger partial charge in [-0.2, -0.15) is 0 Å². The summed E-state index contributed by atoms with van der Waals surface area (Å²) in [5.74, 6) is 0.383. The molecule has 2 aromatic rings. The number of hydrogen-bond acceptors (Lipinski definition) is 6. The van der Waals surface area contributed by atoms with Crippen molar-refractivity contribution < 1.29 is 28.3 Å². The molecule has 0 unspecified atom stereocenters. The van der Waals surface area contributed by atoms with Crippen LogP contribution in [0.2, 0.25) is 0 Å². The zero-order valence-electron chi connectivity index (χ0n) is 15.2. The Balaban J connectivity index is 1.45. The molecule has 0 bridgehead atoms. The molecule has 2 aliphatic rings. The third kappa shape index (κ3) is 3.15. The van der Waals surface area contributed by atoms with Crippen LogP contribution in [-0.4, -0.2) is 42.5 Å². The molecule has 2 aliphatic heterocycles. The number of nitrogens with one attached hydrogen (secondary N) is 2. The van der Waals surface area contributed by atoms with E-state index in [0.29, 0.717) is 36.2 Å². The molecule has 0 radical (unpaired) electrons. The van der Waals surface area contributed by atoms with Gasteiger partial charge in [0.05, 0.1) is 19.5 Å². The smallest absolute Gasteiger partial charge is 0.325 e. The lowest BCUT2D eigenvalue weighted by molar-refractivity contribution is -0.134. The first-order valence-corrected chi connectivity index (χ1v) is 8.85. The van der Waals surface area contributed by atoms with Crippen molar-refractivity contribution in [1.82, 2.24) is 10.2 Å². The second kappa shape index (κ2) is 6.91. The molecule has 4 amide bonds. The van der Waals surface area contributed by atoms with Crippen LogP contribution in [0.25, 0.3) is 0 Å². The molecule has 1 atom stereocenters. The minimum Gasteiger partial charge on any atom is -0.490 e. The van der Waals surface area contributed by atoms with Crippen LogP contribution in [0.15, 0.2) is 41.0 Å². The number of hydrogen-bond donors (Lipinski definition) is 2. The van der Waals surface area contributed by atoms with E-state index in [1.807, 2.05) is 0 Å². The summed E-state index contributed by atoms with van der Waals surface area (Å²) in [5, 5.41) is 5.25.